The van der Waals surface area contributed by atoms with Gasteiger partial charge in [-0.05, 0) is 31.6 Å². The van der Waals surface area contributed by atoms with Gasteiger partial charge in [-0.15, -0.1) is 0 Å². The molecule has 93 heavy (non-hydrogen) atoms. The van der Waals surface area contributed by atoms with E-state index in [9.17, 15) is 43.2 Å². The van der Waals surface area contributed by atoms with Crippen LogP contribution in [-0.4, -0.2) is 96.7 Å². The van der Waals surface area contributed by atoms with Gasteiger partial charge < -0.3 is 33.8 Å². The van der Waals surface area contributed by atoms with Crippen molar-refractivity contribution in [1.82, 2.24) is 0 Å². The Balaban J connectivity index is 5.14. The fraction of sp³-hybridized carbons (Fsp3) is 0.946. The fourth-order valence-corrected chi connectivity index (χ4v) is 12.9. The lowest BCUT2D eigenvalue weighted by Gasteiger charge is -2.21. The predicted molar refractivity (Wildman–Crippen MR) is 377 cm³/mol. The van der Waals surface area contributed by atoms with Crippen LogP contribution in [0.3, 0.4) is 0 Å². The maximum Gasteiger partial charge on any atom is 0.472 e. The van der Waals surface area contributed by atoms with Crippen LogP contribution < -0.4 is 0 Å². The number of aliphatic hydroxyl groups excluding tert-OH is 1. The highest BCUT2D eigenvalue weighted by Gasteiger charge is 2.30. The number of hydrogen-bond acceptors (Lipinski definition) is 15. The quantitative estimate of drug-likeness (QED) is 0.0222. The van der Waals surface area contributed by atoms with E-state index in [1.807, 2.05) is 0 Å². The van der Waals surface area contributed by atoms with Gasteiger partial charge in [0, 0.05) is 25.7 Å². The number of unbranched alkanes of at least 4 members (excludes halogenated alkanes) is 45. The highest BCUT2D eigenvalue weighted by Crippen LogP contribution is 2.45. The smallest absolute Gasteiger partial charge is 0.462 e. The van der Waals surface area contributed by atoms with Crippen molar-refractivity contribution in [3.05, 3.63) is 0 Å². The molecule has 0 aliphatic rings. The molecule has 6 atom stereocenters. The second-order valence-electron chi connectivity index (χ2n) is 26.9. The van der Waals surface area contributed by atoms with Gasteiger partial charge in [0.15, 0.2) is 12.2 Å². The molecule has 0 radical (unpaired) electrons. The van der Waals surface area contributed by atoms with Crippen LogP contribution in [0, 0.1) is 5.92 Å². The van der Waals surface area contributed by atoms with Crippen molar-refractivity contribution in [3.63, 3.8) is 0 Å². The van der Waals surface area contributed by atoms with E-state index in [1.165, 1.54) is 205 Å². The summed E-state index contributed by atoms with van der Waals surface area (Å²) in [6.45, 7) is 7.18. The largest absolute Gasteiger partial charge is 0.472 e. The summed E-state index contributed by atoms with van der Waals surface area (Å²) in [5, 5.41) is 10.6. The molecule has 0 rings (SSSR count). The summed E-state index contributed by atoms with van der Waals surface area (Å²) in [6, 6.07) is 0. The molecule has 0 aromatic heterocycles. The Bertz CT molecular complexity index is 1790. The average molecular weight is 1370 g/mol. The first-order valence-corrected chi connectivity index (χ1v) is 41.7. The Kier molecular flexibility index (Phi) is 65.9. The van der Waals surface area contributed by atoms with Crippen LogP contribution >= 0.6 is 15.6 Å². The first-order valence-electron chi connectivity index (χ1n) is 38.7. The van der Waals surface area contributed by atoms with Crippen molar-refractivity contribution in [2.24, 2.45) is 5.92 Å². The van der Waals surface area contributed by atoms with E-state index in [0.29, 0.717) is 25.7 Å². The van der Waals surface area contributed by atoms with Gasteiger partial charge in [0.2, 0.25) is 0 Å². The molecule has 0 amide bonds. The molecular formula is C74H144O17P2. The summed E-state index contributed by atoms with van der Waals surface area (Å²) >= 11 is 0. The first-order chi connectivity index (χ1) is 45.1. The monoisotopic (exact) mass is 1370 g/mol. The third-order valence-corrected chi connectivity index (χ3v) is 19.5. The predicted octanol–water partition coefficient (Wildman–Crippen LogP) is 21.7. The zero-order valence-corrected chi connectivity index (χ0v) is 62.2. The molecular weight excluding hydrogens is 1220 g/mol. The van der Waals surface area contributed by atoms with Crippen LogP contribution in [0.25, 0.3) is 0 Å². The number of rotatable bonds is 74. The number of ether oxygens (including phenoxy) is 4. The van der Waals surface area contributed by atoms with Crippen molar-refractivity contribution in [3.8, 4) is 0 Å². The zero-order chi connectivity index (χ0) is 68.4. The molecule has 17 nitrogen and oxygen atoms in total. The molecule has 0 saturated heterocycles. The molecule has 3 unspecified atom stereocenters. The van der Waals surface area contributed by atoms with Gasteiger partial charge in [0.1, 0.15) is 19.3 Å². The van der Waals surface area contributed by atoms with Gasteiger partial charge in [0.25, 0.3) is 0 Å². The van der Waals surface area contributed by atoms with Crippen molar-refractivity contribution >= 4 is 39.5 Å². The SMILES string of the molecule is CCCCCCCCCCCCCCCCCCCCCC(=O)O[C@H](COC(=O)CCCCCCCCCCCCCCCCCCC)COP(=O)(O)OC[C@@H](O)COP(=O)(O)OC[C@@H](COC(=O)CCCCCCC)OC(=O)CCCCCCCCCCC(C)CC. The van der Waals surface area contributed by atoms with Crippen molar-refractivity contribution in [2.45, 2.75) is 406 Å². The van der Waals surface area contributed by atoms with E-state index in [0.717, 1.165) is 102 Å². The van der Waals surface area contributed by atoms with E-state index in [2.05, 4.69) is 34.6 Å². The molecule has 3 N–H and O–H groups in total. The Morgan fingerprint density at radius 1 is 0.301 bits per heavy atom. The van der Waals surface area contributed by atoms with E-state index >= 15 is 0 Å². The molecule has 552 valence electrons. The van der Waals surface area contributed by atoms with Gasteiger partial charge in [-0.25, -0.2) is 9.13 Å². The maximum atomic E-state index is 13.1. The lowest BCUT2D eigenvalue weighted by molar-refractivity contribution is -0.161. The third kappa shape index (κ3) is 67.0. The molecule has 0 aromatic rings. The number of esters is 4. The summed E-state index contributed by atoms with van der Waals surface area (Å²) in [7, 11) is -9.90. The van der Waals surface area contributed by atoms with Gasteiger partial charge in [-0.2, -0.15) is 0 Å². The van der Waals surface area contributed by atoms with Crippen molar-refractivity contribution in [2.75, 3.05) is 39.6 Å². The minimum absolute atomic E-state index is 0.104. The molecule has 0 saturated carbocycles. The summed E-state index contributed by atoms with van der Waals surface area (Å²) in [5.41, 5.74) is 0. The van der Waals surface area contributed by atoms with E-state index in [-0.39, 0.29) is 25.7 Å². The molecule has 19 heteroatoms. The standard InChI is InChI=1S/C74H144O17P2/c1-6-10-13-16-18-20-22-24-26-28-29-31-33-35-37-39-44-49-54-59-73(78)91-70(64-85-72(77)58-53-48-43-38-36-34-32-30-27-25-23-21-19-17-14-11-7-2)66-89-93(82,83)87-62-68(75)61-86-92(80,81)88-65-69(63-84-71(76)57-52-46-15-12-8-3)90-74(79)60-55-50-45-41-40-42-47-51-56-67(5)9-4/h67-70,75H,6-66H2,1-5H3,(H,80,81)(H,82,83)/t67?,68-,69+,70+/m0/s1. The van der Waals surface area contributed by atoms with Gasteiger partial charge >= 0.3 is 39.5 Å². The molecule has 0 bridgehead atoms. The average Bonchev–Trinajstić information content (AvgIpc) is 3.71. The second-order valence-corrected chi connectivity index (χ2v) is 29.8. The Labute approximate surface area is 568 Å². The normalized spacial score (nSPS) is 14.3. The molecule has 0 aromatic carbocycles. The van der Waals surface area contributed by atoms with Gasteiger partial charge in [0.05, 0.1) is 26.4 Å². The van der Waals surface area contributed by atoms with E-state index in [4.69, 9.17) is 37.0 Å². The Morgan fingerprint density at radius 3 is 0.763 bits per heavy atom. The van der Waals surface area contributed by atoms with Crippen LogP contribution in [0.5, 0.6) is 0 Å². The minimum atomic E-state index is -4.95. The summed E-state index contributed by atoms with van der Waals surface area (Å²) in [4.78, 5) is 72.4. The number of hydrogen-bond donors (Lipinski definition) is 3. The fourth-order valence-electron chi connectivity index (χ4n) is 11.3. The van der Waals surface area contributed by atoms with Gasteiger partial charge in [-0.3, -0.25) is 37.3 Å². The summed E-state index contributed by atoms with van der Waals surface area (Å²) in [5.74, 6) is -1.36. The van der Waals surface area contributed by atoms with Crippen LogP contribution in [0.4, 0.5) is 0 Å². The summed E-state index contributed by atoms with van der Waals surface area (Å²) < 4.78 is 68.2. The minimum Gasteiger partial charge on any atom is -0.462 e. The van der Waals surface area contributed by atoms with Crippen LogP contribution in [-0.2, 0) is 65.4 Å². The molecule has 0 aliphatic heterocycles. The first kappa shape index (κ1) is 91.1. The maximum absolute atomic E-state index is 13.1. The Hall–Kier alpha value is -1.94. The van der Waals surface area contributed by atoms with Crippen molar-refractivity contribution in [1.29, 1.82) is 0 Å². The number of carbonyl (C=O) groups excluding carboxylic acids is 4. The number of aliphatic hydroxyl groups is 1. The number of phosphoric acid groups is 2. The summed E-state index contributed by atoms with van der Waals surface area (Å²) in [6.07, 6.45) is 55.9. The highest BCUT2D eigenvalue weighted by molar-refractivity contribution is 7.47. The highest BCUT2D eigenvalue weighted by atomic mass is 31.2. The number of carbonyl (C=O) groups is 4. The van der Waals surface area contributed by atoms with Crippen LogP contribution in [0.2, 0.25) is 0 Å². The topological polar surface area (TPSA) is 237 Å². The molecule has 0 fully saturated rings. The molecule has 0 spiro atoms. The van der Waals surface area contributed by atoms with Crippen molar-refractivity contribution < 1.29 is 80.2 Å². The zero-order valence-electron chi connectivity index (χ0n) is 60.4. The Morgan fingerprint density at radius 2 is 0.516 bits per heavy atom. The van der Waals surface area contributed by atoms with Crippen LogP contribution in [0.1, 0.15) is 388 Å². The van der Waals surface area contributed by atoms with Crippen LogP contribution in [0.15, 0.2) is 0 Å². The van der Waals surface area contributed by atoms with E-state index < -0.39 is 97.5 Å². The number of phosphoric ester groups is 2. The van der Waals surface area contributed by atoms with Gasteiger partial charge in [-0.1, -0.05) is 336 Å². The molecule has 0 aliphatic carbocycles. The molecule has 0 heterocycles. The third-order valence-electron chi connectivity index (χ3n) is 17.6. The second kappa shape index (κ2) is 67.3. The lowest BCUT2D eigenvalue weighted by Crippen LogP contribution is -2.30. The lowest BCUT2D eigenvalue weighted by atomic mass is 9.99. The van der Waals surface area contributed by atoms with E-state index in [1.54, 1.807) is 0 Å².